The van der Waals surface area contributed by atoms with Gasteiger partial charge in [-0.1, -0.05) is 6.58 Å². The average molecular weight is 92.1 g/mol. The van der Waals surface area contributed by atoms with Crippen molar-refractivity contribution in [3.63, 3.8) is 0 Å². The maximum Gasteiger partial charge on any atom is 0.0957 e. The van der Waals surface area contributed by atoms with Crippen LogP contribution in [0.1, 0.15) is 6.42 Å². The Labute approximate surface area is 35.5 Å². The lowest BCUT2D eigenvalue weighted by Crippen LogP contribution is -1.71. The summed E-state index contributed by atoms with van der Waals surface area (Å²) in [6, 6.07) is 0. The second-order valence-corrected chi connectivity index (χ2v) is 0.956. The normalized spacial score (nSPS) is 8.33. The third-order valence-corrected chi connectivity index (χ3v) is 0.366. The van der Waals surface area contributed by atoms with Crippen molar-refractivity contribution in [2.45, 2.75) is 6.42 Å². The fourth-order valence-electron chi connectivity index (χ4n) is 0.103. The SMILES string of the molecule is C=C(F)CCF. The van der Waals surface area contributed by atoms with Crippen molar-refractivity contribution in [2.24, 2.45) is 0 Å². The molecular weight excluding hydrogens is 86.0 g/mol. The summed E-state index contributed by atoms with van der Waals surface area (Å²) in [5.74, 6) is -0.586. The van der Waals surface area contributed by atoms with Gasteiger partial charge < -0.3 is 0 Å². The minimum absolute atomic E-state index is 0.153. The highest BCUT2D eigenvalue weighted by Crippen LogP contribution is 1.96. The number of hydrogen-bond acceptors (Lipinski definition) is 0. The van der Waals surface area contributed by atoms with E-state index in [0.717, 1.165) is 0 Å². The van der Waals surface area contributed by atoms with E-state index in [2.05, 4.69) is 6.58 Å². The molecule has 0 N–H and O–H groups in total. The van der Waals surface area contributed by atoms with Gasteiger partial charge in [-0.3, -0.25) is 4.39 Å². The second kappa shape index (κ2) is 2.82. The Hall–Kier alpha value is -0.400. The van der Waals surface area contributed by atoms with Crippen LogP contribution in [-0.4, -0.2) is 6.67 Å². The van der Waals surface area contributed by atoms with E-state index in [9.17, 15) is 8.78 Å². The summed E-state index contributed by atoms with van der Waals surface area (Å²) < 4.78 is 22.2. The first kappa shape index (κ1) is 5.60. The van der Waals surface area contributed by atoms with E-state index in [-0.39, 0.29) is 6.42 Å². The van der Waals surface area contributed by atoms with Crippen LogP contribution < -0.4 is 0 Å². The first-order chi connectivity index (χ1) is 2.77. The van der Waals surface area contributed by atoms with Crippen LogP contribution in [0.15, 0.2) is 12.4 Å². The van der Waals surface area contributed by atoms with Crippen LogP contribution in [0, 0.1) is 0 Å². The lowest BCUT2D eigenvalue weighted by atomic mass is 10.4. The van der Waals surface area contributed by atoms with Crippen LogP contribution in [0.4, 0.5) is 8.78 Å². The van der Waals surface area contributed by atoms with Crippen LogP contribution in [0.2, 0.25) is 0 Å². The molecule has 0 spiro atoms. The van der Waals surface area contributed by atoms with Gasteiger partial charge >= 0.3 is 0 Å². The largest absolute Gasteiger partial charge is 0.251 e. The molecule has 0 aliphatic carbocycles. The zero-order chi connectivity index (χ0) is 4.99. The van der Waals surface area contributed by atoms with Gasteiger partial charge in [0.25, 0.3) is 0 Å². The molecule has 0 bridgehead atoms. The van der Waals surface area contributed by atoms with E-state index < -0.39 is 12.5 Å². The summed E-state index contributed by atoms with van der Waals surface area (Å²) >= 11 is 0. The predicted octanol–water partition coefficient (Wildman–Crippen LogP) is 1.83. The smallest absolute Gasteiger partial charge is 0.0957 e. The number of allylic oxidation sites excluding steroid dienone is 1. The Morgan fingerprint density at radius 1 is 1.67 bits per heavy atom. The second-order valence-electron chi connectivity index (χ2n) is 0.956. The monoisotopic (exact) mass is 92.0 g/mol. The molecule has 0 aromatic carbocycles. The van der Waals surface area contributed by atoms with Crippen LogP contribution in [-0.2, 0) is 0 Å². The van der Waals surface area contributed by atoms with E-state index in [1.54, 1.807) is 0 Å². The first-order valence-corrected chi connectivity index (χ1v) is 1.66. The quantitative estimate of drug-likeness (QED) is 0.487. The van der Waals surface area contributed by atoms with Crippen molar-refractivity contribution >= 4 is 0 Å². The fourth-order valence-corrected chi connectivity index (χ4v) is 0.103. The molecule has 0 fully saturated rings. The molecule has 0 rings (SSSR count). The van der Waals surface area contributed by atoms with Gasteiger partial charge in [0.2, 0.25) is 0 Å². The molecule has 0 amide bonds. The number of halogens is 2. The van der Waals surface area contributed by atoms with Crippen molar-refractivity contribution in [2.75, 3.05) is 6.67 Å². The molecule has 6 heavy (non-hydrogen) atoms. The highest BCUT2D eigenvalue weighted by atomic mass is 19.1. The van der Waals surface area contributed by atoms with Crippen LogP contribution >= 0.6 is 0 Å². The van der Waals surface area contributed by atoms with E-state index in [4.69, 9.17) is 0 Å². The lowest BCUT2D eigenvalue weighted by Gasteiger charge is -1.80. The molecule has 0 saturated carbocycles. The maximum absolute atomic E-state index is 11.3. The van der Waals surface area contributed by atoms with Gasteiger partial charge in [-0.15, -0.1) is 0 Å². The Morgan fingerprint density at radius 2 is 2.17 bits per heavy atom. The van der Waals surface area contributed by atoms with Gasteiger partial charge in [0, 0.05) is 6.42 Å². The third kappa shape index (κ3) is 3.60. The van der Waals surface area contributed by atoms with Crippen molar-refractivity contribution in [3.05, 3.63) is 12.4 Å². The van der Waals surface area contributed by atoms with Gasteiger partial charge in [-0.25, -0.2) is 4.39 Å². The minimum atomic E-state index is -0.644. The van der Waals surface area contributed by atoms with Crippen LogP contribution in [0.5, 0.6) is 0 Å². The third-order valence-electron chi connectivity index (χ3n) is 0.366. The molecule has 0 aliphatic rings. The molecule has 36 valence electrons. The summed E-state index contributed by atoms with van der Waals surface area (Å²) in [5.41, 5.74) is 0. The Morgan fingerprint density at radius 3 is 2.17 bits per heavy atom. The molecule has 0 unspecified atom stereocenters. The van der Waals surface area contributed by atoms with Crippen molar-refractivity contribution in [1.82, 2.24) is 0 Å². The van der Waals surface area contributed by atoms with E-state index in [1.165, 1.54) is 0 Å². The molecular formula is C4H6F2. The number of rotatable bonds is 2. The van der Waals surface area contributed by atoms with Gasteiger partial charge in [0.15, 0.2) is 0 Å². The first-order valence-electron chi connectivity index (χ1n) is 1.66. The molecule has 0 aromatic rings. The lowest BCUT2D eigenvalue weighted by molar-refractivity contribution is 0.457. The molecule has 0 nitrogen and oxygen atoms in total. The number of hydrogen-bond donors (Lipinski definition) is 0. The zero-order valence-corrected chi connectivity index (χ0v) is 3.38. The molecule has 2 heteroatoms. The molecule has 0 aromatic heterocycles. The predicted molar refractivity (Wildman–Crippen MR) is 20.8 cm³/mol. The van der Waals surface area contributed by atoms with Crippen LogP contribution in [0.3, 0.4) is 0 Å². The van der Waals surface area contributed by atoms with Crippen molar-refractivity contribution in [3.8, 4) is 0 Å². The van der Waals surface area contributed by atoms with E-state index >= 15 is 0 Å². The van der Waals surface area contributed by atoms with Gasteiger partial charge in [0.05, 0.1) is 12.5 Å². The van der Waals surface area contributed by atoms with Crippen LogP contribution in [0.25, 0.3) is 0 Å². The molecule has 0 heterocycles. The summed E-state index contributed by atoms with van der Waals surface area (Å²) in [5, 5.41) is 0. The van der Waals surface area contributed by atoms with E-state index in [1.807, 2.05) is 0 Å². The summed E-state index contributed by atoms with van der Waals surface area (Å²) in [6.07, 6.45) is -0.153. The highest BCUT2D eigenvalue weighted by Gasteiger charge is 1.84. The summed E-state index contributed by atoms with van der Waals surface area (Å²) in [4.78, 5) is 0. The van der Waals surface area contributed by atoms with Gasteiger partial charge in [0.1, 0.15) is 0 Å². The van der Waals surface area contributed by atoms with Gasteiger partial charge in [-0.05, 0) is 0 Å². The minimum Gasteiger partial charge on any atom is -0.251 e. The van der Waals surface area contributed by atoms with Crippen molar-refractivity contribution in [1.29, 1.82) is 0 Å². The Balaban J connectivity index is 2.83. The van der Waals surface area contributed by atoms with E-state index in [0.29, 0.717) is 0 Å². The molecule has 0 radical (unpaired) electrons. The standard InChI is InChI=1S/C4H6F2/c1-4(6)2-3-5/h1-3H2. The van der Waals surface area contributed by atoms with Gasteiger partial charge in [-0.2, -0.15) is 0 Å². The fraction of sp³-hybridized carbons (Fsp3) is 0.500. The Bertz CT molecular complexity index is 49.5. The molecule has 0 aliphatic heterocycles. The molecule has 0 saturated heterocycles. The summed E-state index contributed by atoms with van der Waals surface area (Å²) in [6.45, 7) is 2.19. The van der Waals surface area contributed by atoms with Crippen molar-refractivity contribution < 1.29 is 8.78 Å². The topological polar surface area (TPSA) is 0 Å². The zero-order valence-electron chi connectivity index (χ0n) is 3.38. The highest BCUT2D eigenvalue weighted by molar-refractivity contribution is 4.77. The maximum atomic E-state index is 11.3. The molecule has 0 atom stereocenters. The summed E-state index contributed by atoms with van der Waals surface area (Å²) in [7, 11) is 0. The number of alkyl halides is 1. The Kier molecular flexibility index (Phi) is 2.63. The average Bonchev–Trinajstić information content (AvgIpc) is 1.35.